The monoisotopic (exact) mass is 241 g/mol. The minimum absolute atomic E-state index is 0.575. The van der Waals surface area contributed by atoms with Crippen molar-refractivity contribution in [1.82, 2.24) is 4.98 Å². The van der Waals surface area contributed by atoms with E-state index in [1.54, 1.807) is 0 Å². The molecule has 1 aromatic carbocycles. The summed E-state index contributed by atoms with van der Waals surface area (Å²) in [6, 6.07) is 12.4. The zero-order chi connectivity index (χ0) is 13.0. The zero-order valence-corrected chi connectivity index (χ0v) is 10.9. The first-order chi connectivity index (χ1) is 8.70. The summed E-state index contributed by atoms with van der Waals surface area (Å²) in [5.41, 5.74) is 9.37. The first-order valence-electron chi connectivity index (χ1n) is 6.11. The highest BCUT2D eigenvalue weighted by molar-refractivity contribution is 5.40. The first kappa shape index (κ1) is 12.6. The standard InChI is InChI=1S/C15H19N3/c1-12-7-8-15(17-10-12)18(2)11-14-6-4-3-5-13(14)9-16/h3-8,10H,9,11,16H2,1-2H3. The summed E-state index contributed by atoms with van der Waals surface area (Å²) in [6.07, 6.45) is 1.89. The van der Waals surface area contributed by atoms with Crippen molar-refractivity contribution in [2.24, 2.45) is 5.73 Å². The van der Waals surface area contributed by atoms with Crippen LogP contribution in [0.1, 0.15) is 16.7 Å². The van der Waals surface area contributed by atoms with Crippen molar-refractivity contribution in [3.63, 3.8) is 0 Å². The smallest absolute Gasteiger partial charge is 0.128 e. The van der Waals surface area contributed by atoms with E-state index in [9.17, 15) is 0 Å². The molecule has 0 saturated carbocycles. The van der Waals surface area contributed by atoms with Gasteiger partial charge in [0.05, 0.1) is 0 Å². The summed E-state index contributed by atoms with van der Waals surface area (Å²) in [6.45, 7) is 3.44. The maximum absolute atomic E-state index is 5.75. The fourth-order valence-electron chi connectivity index (χ4n) is 1.93. The molecule has 0 radical (unpaired) electrons. The van der Waals surface area contributed by atoms with Gasteiger partial charge in [-0.3, -0.25) is 0 Å². The normalized spacial score (nSPS) is 10.4. The molecular formula is C15H19N3. The highest BCUT2D eigenvalue weighted by Crippen LogP contribution is 2.15. The molecule has 1 aromatic heterocycles. The second-order valence-electron chi connectivity index (χ2n) is 4.52. The van der Waals surface area contributed by atoms with Crippen molar-refractivity contribution in [2.45, 2.75) is 20.0 Å². The van der Waals surface area contributed by atoms with E-state index in [1.165, 1.54) is 16.7 Å². The number of nitrogens with two attached hydrogens (primary N) is 1. The number of aryl methyl sites for hydroxylation is 1. The van der Waals surface area contributed by atoms with Crippen molar-refractivity contribution in [3.8, 4) is 0 Å². The van der Waals surface area contributed by atoms with Crippen molar-refractivity contribution in [1.29, 1.82) is 0 Å². The molecule has 0 unspecified atom stereocenters. The quantitative estimate of drug-likeness (QED) is 0.894. The number of rotatable bonds is 4. The van der Waals surface area contributed by atoms with Gasteiger partial charge in [-0.05, 0) is 29.7 Å². The van der Waals surface area contributed by atoms with E-state index in [-0.39, 0.29) is 0 Å². The Hall–Kier alpha value is -1.87. The predicted octanol–water partition coefficient (Wildman–Crippen LogP) is 2.49. The highest BCUT2D eigenvalue weighted by atomic mass is 15.2. The van der Waals surface area contributed by atoms with E-state index in [2.05, 4.69) is 28.1 Å². The van der Waals surface area contributed by atoms with E-state index < -0.39 is 0 Å². The summed E-state index contributed by atoms with van der Waals surface area (Å²) < 4.78 is 0. The van der Waals surface area contributed by atoms with Crippen LogP contribution in [0.25, 0.3) is 0 Å². The van der Waals surface area contributed by atoms with Crippen molar-refractivity contribution >= 4 is 5.82 Å². The lowest BCUT2D eigenvalue weighted by molar-refractivity contribution is 0.875. The Kier molecular flexibility index (Phi) is 3.95. The molecular weight excluding hydrogens is 222 g/mol. The van der Waals surface area contributed by atoms with Gasteiger partial charge in [-0.1, -0.05) is 30.3 Å². The molecule has 0 spiro atoms. The summed E-state index contributed by atoms with van der Waals surface area (Å²) >= 11 is 0. The Morgan fingerprint density at radius 2 is 1.83 bits per heavy atom. The van der Waals surface area contributed by atoms with E-state index in [0.717, 1.165) is 12.4 Å². The summed E-state index contributed by atoms with van der Waals surface area (Å²) in [7, 11) is 2.05. The van der Waals surface area contributed by atoms with E-state index in [1.807, 2.05) is 38.4 Å². The van der Waals surface area contributed by atoms with Crippen LogP contribution in [0.2, 0.25) is 0 Å². The van der Waals surface area contributed by atoms with Gasteiger partial charge in [0.15, 0.2) is 0 Å². The second-order valence-corrected chi connectivity index (χ2v) is 4.52. The van der Waals surface area contributed by atoms with Crippen LogP contribution in [-0.2, 0) is 13.1 Å². The number of hydrogen-bond donors (Lipinski definition) is 1. The topological polar surface area (TPSA) is 42.1 Å². The molecule has 18 heavy (non-hydrogen) atoms. The molecule has 0 amide bonds. The van der Waals surface area contributed by atoms with E-state index in [4.69, 9.17) is 5.73 Å². The average Bonchev–Trinajstić information content (AvgIpc) is 2.40. The molecule has 2 N–H and O–H groups in total. The van der Waals surface area contributed by atoms with Gasteiger partial charge in [-0.25, -0.2) is 4.98 Å². The Bertz CT molecular complexity index is 505. The van der Waals surface area contributed by atoms with E-state index in [0.29, 0.717) is 6.54 Å². The molecule has 0 saturated heterocycles. The van der Waals surface area contributed by atoms with Crippen molar-refractivity contribution < 1.29 is 0 Å². The average molecular weight is 241 g/mol. The maximum Gasteiger partial charge on any atom is 0.128 e. The Morgan fingerprint density at radius 1 is 1.11 bits per heavy atom. The Labute approximate surface area is 108 Å². The van der Waals surface area contributed by atoms with Crippen molar-refractivity contribution in [3.05, 3.63) is 59.3 Å². The van der Waals surface area contributed by atoms with Crippen LogP contribution < -0.4 is 10.6 Å². The van der Waals surface area contributed by atoms with Gasteiger partial charge >= 0.3 is 0 Å². The van der Waals surface area contributed by atoms with Gasteiger partial charge in [-0.15, -0.1) is 0 Å². The van der Waals surface area contributed by atoms with Crippen LogP contribution in [0.4, 0.5) is 5.82 Å². The second kappa shape index (κ2) is 5.65. The SMILES string of the molecule is Cc1ccc(N(C)Cc2ccccc2CN)nc1. The molecule has 2 aromatic rings. The molecule has 2 rings (SSSR count). The number of aromatic nitrogens is 1. The number of pyridine rings is 1. The highest BCUT2D eigenvalue weighted by Gasteiger charge is 2.06. The third kappa shape index (κ3) is 2.87. The van der Waals surface area contributed by atoms with Crippen LogP contribution >= 0.6 is 0 Å². The molecule has 0 aliphatic heterocycles. The molecule has 3 heteroatoms. The molecule has 0 atom stereocenters. The summed E-state index contributed by atoms with van der Waals surface area (Å²) in [5.74, 6) is 0.979. The number of nitrogens with zero attached hydrogens (tertiary/aromatic N) is 2. The number of benzene rings is 1. The molecule has 94 valence electrons. The fraction of sp³-hybridized carbons (Fsp3) is 0.267. The molecule has 0 aliphatic carbocycles. The first-order valence-corrected chi connectivity index (χ1v) is 6.11. The summed E-state index contributed by atoms with van der Waals surface area (Å²) in [5, 5.41) is 0. The van der Waals surface area contributed by atoms with Gasteiger partial charge in [-0.2, -0.15) is 0 Å². The Balaban J connectivity index is 2.15. The molecule has 1 heterocycles. The lowest BCUT2D eigenvalue weighted by Gasteiger charge is -2.19. The van der Waals surface area contributed by atoms with E-state index >= 15 is 0 Å². The van der Waals surface area contributed by atoms with Crippen molar-refractivity contribution in [2.75, 3.05) is 11.9 Å². The van der Waals surface area contributed by atoms with Crippen LogP contribution in [0, 0.1) is 6.92 Å². The fourth-order valence-corrected chi connectivity index (χ4v) is 1.93. The van der Waals surface area contributed by atoms with Crippen LogP contribution in [-0.4, -0.2) is 12.0 Å². The van der Waals surface area contributed by atoms with Crippen LogP contribution in [0.5, 0.6) is 0 Å². The van der Waals surface area contributed by atoms with Gasteiger partial charge in [0.25, 0.3) is 0 Å². The van der Waals surface area contributed by atoms with Crippen LogP contribution in [0.15, 0.2) is 42.6 Å². The lowest BCUT2D eigenvalue weighted by atomic mass is 10.1. The molecule has 0 bridgehead atoms. The maximum atomic E-state index is 5.75. The third-order valence-corrected chi connectivity index (χ3v) is 3.03. The third-order valence-electron chi connectivity index (χ3n) is 3.03. The predicted molar refractivity (Wildman–Crippen MR) is 75.4 cm³/mol. The molecule has 0 aliphatic rings. The number of anilines is 1. The number of hydrogen-bond acceptors (Lipinski definition) is 3. The minimum atomic E-state index is 0.575. The van der Waals surface area contributed by atoms with Crippen LogP contribution in [0.3, 0.4) is 0 Å². The van der Waals surface area contributed by atoms with Gasteiger partial charge in [0, 0.05) is 26.3 Å². The largest absolute Gasteiger partial charge is 0.355 e. The van der Waals surface area contributed by atoms with Gasteiger partial charge < -0.3 is 10.6 Å². The Morgan fingerprint density at radius 3 is 2.44 bits per heavy atom. The molecule has 0 fully saturated rings. The molecule has 3 nitrogen and oxygen atoms in total. The van der Waals surface area contributed by atoms with Gasteiger partial charge in [0.2, 0.25) is 0 Å². The minimum Gasteiger partial charge on any atom is -0.355 e. The lowest BCUT2D eigenvalue weighted by Crippen LogP contribution is -2.19. The zero-order valence-electron chi connectivity index (χ0n) is 10.9. The summed E-state index contributed by atoms with van der Waals surface area (Å²) in [4.78, 5) is 6.56. The van der Waals surface area contributed by atoms with Gasteiger partial charge in [0.1, 0.15) is 5.82 Å².